The summed E-state index contributed by atoms with van der Waals surface area (Å²) in [7, 11) is 0. The van der Waals surface area contributed by atoms with Crippen molar-refractivity contribution >= 4 is 16.6 Å². The molecule has 1 atom stereocenters. The number of rotatable bonds is 6. The summed E-state index contributed by atoms with van der Waals surface area (Å²) in [5.41, 5.74) is -1.77. The third kappa shape index (κ3) is 4.22. The number of nitrogens with one attached hydrogen (secondary N) is 2. The highest BCUT2D eigenvalue weighted by atomic mass is 19.1. The number of aromatic nitrogens is 3. The summed E-state index contributed by atoms with van der Waals surface area (Å²) < 4.78 is 42.6. The van der Waals surface area contributed by atoms with E-state index in [0.717, 1.165) is 24.4 Å². The Morgan fingerprint density at radius 1 is 1.06 bits per heavy atom. The predicted molar refractivity (Wildman–Crippen MR) is 124 cm³/mol. The number of hydrogen-bond donors (Lipinski definition) is 4. The van der Waals surface area contributed by atoms with Crippen LogP contribution in [-0.2, 0) is 10.4 Å². The highest BCUT2D eigenvalue weighted by Gasteiger charge is 2.40. The minimum atomic E-state index is -2.36. The SMILES string of the molecule is C/C(ON)=C(\c1cc(C(O)(c2ccc(F)cn2)c2ccc(F)cc2F)c2[nH]c(=O)[nH]c2c1)C(C)C. The van der Waals surface area contributed by atoms with Crippen LogP contribution in [0.25, 0.3) is 16.6 Å². The number of nitrogens with two attached hydrogens (primary N) is 1. The number of imidazole rings is 1. The van der Waals surface area contributed by atoms with Gasteiger partial charge in [0.1, 0.15) is 23.2 Å². The maximum absolute atomic E-state index is 15.1. The summed E-state index contributed by atoms with van der Waals surface area (Å²) in [5.74, 6) is 3.12. The number of hydrogen-bond acceptors (Lipinski definition) is 5. The zero-order valence-corrected chi connectivity index (χ0v) is 19.1. The first kappa shape index (κ1) is 24.2. The topological polar surface area (TPSA) is 117 Å². The molecule has 1 unspecified atom stereocenters. The molecule has 35 heavy (non-hydrogen) atoms. The fraction of sp³-hybridized carbons (Fsp3) is 0.200. The van der Waals surface area contributed by atoms with Crippen molar-refractivity contribution in [3.05, 3.63) is 105 Å². The Morgan fingerprint density at radius 3 is 2.37 bits per heavy atom. The number of benzene rings is 2. The van der Waals surface area contributed by atoms with E-state index in [1.54, 1.807) is 13.0 Å². The number of allylic oxidation sites excluding steroid dienone is 2. The number of halogens is 3. The molecule has 0 spiro atoms. The van der Waals surface area contributed by atoms with Crippen molar-refractivity contribution in [1.82, 2.24) is 15.0 Å². The molecular formula is C25H23F3N4O3. The molecule has 0 saturated heterocycles. The van der Waals surface area contributed by atoms with Gasteiger partial charge in [-0.25, -0.2) is 18.0 Å². The number of aliphatic hydroxyl groups is 1. The molecule has 0 aliphatic heterocycles. The number of nitrogens with zero attached hydrogens (tertiary/aromatic N) is 1. The van der Waals surface area contributed by atoms with E-state index in [0.29, 0.717) is 28.5 Å². The van der Waals surface area contributed by atoms with Crippen LogP contribution in [0, 0.1) is 23.4 Å². The van der Waals surface area contributed by atoms with Crippen molar-refractivity contribution in [3.8, 4) is 0 Å². The molecule has 4 aromatic rings. The first-order chi connectivity index (χ1) is 16.6. The summed E-state index contributed by atoms with van der Waals surface area (Å²) in [5, 5.41) is 12.2. The highest BCUT2D eigenvalue weighted by molar-refractivity contribution is 5.86. The Hall–Kier alpha value is -3.89. The number of fused-ring (bicyclic) bond motifs is 1. The van der Waals surface area contributed by atoms with Gasteiger partial charge in [-0.1, -0.05) is 13.8 Å². The first-order valence-corrected chi connectivity index (χ1v) is 10.7. The summed E-state index contributed by atoms with van der Waals surface area (Å²) in [6.45, 7) is 5.45. The lowest BCUT2D eigenvalue weighted by atomic mass is 9.80. The Kier molecular flexibility index (Phi) is 6.27. The van der Waals surface area contributed by atoms with Gasteiger partial charge in [0.15, 0.2) is 5.60 Å². The fourth-order valence-corrected chi connectivity index (χ4v) is 4.38. The number of H-pyrrole nitrogens is 2. The monoisotopic (exact) mass is 484 g/mol. The third-order valence-corrected chi connectivity index (χ3v) is 5.88. The van der Waals surface area contributed by atoms with E-state index in [2.05, 4.69) is 15.0 Å². The van der Waals surface area contributed by atoms with Crippen molar-refractivity contribution < 1.29 is 23.1 Å². The summed E-state index contributed by atoms with van der Waals surface area (Å²) in [6, 6.07) is 8.13. The normalized spacial score (nSPS) is 14.2. The van der Waals surface area contributed by atoms with Gasteiger partial charge < -0.3 is 19.9 Å². The molecule has 5 N–H and O–H groups in total. The summed E-state index contributed by atoms with van der Waals surface area (Å²) >= 11 is 0. The first-order valence-electron chi connectivity index (χ1n) is 10.7. The molecule has 2 aromatic carbocycles. The predicted octanol–water partition coefficient (Wildman–Crippen LogP) is 4.23. The molecule has 2 heterocycles. The van der Waals surface area contributed by atoms with Crippen LogP contribution >= 0.6 is 0 Å². The molecule has 0 amide bonds. The second-order valence-electron chi connectivity index (χ2n) is 8.46. The van der Waals surface area contributed by atoms with E-state index in [1.165, 1.54) is 12.1 Å². The maximum atomic E-state index is 15.1. The van der Waals surface area contributed by atoms with E-state index in [-0.39, 0.29) is 28.3 Å². The van der Waals surface area contributed by atoms with Crippen LogP contribution in [0.3, 0.4) is 0 Å². The molecule has 0 saturated carbocycles. The van der Waals surface area contributed by atoms with Crippen LogP contribution in [0.1, 0.15) is 43.2 Å². The van der Waals surface area contributed by atoms with Gasteiger partial charge in [-0.3, -0.25) is 4.98 Å². The number of aromatic amines is 2. The lowest BCUT2D eigenvalue weighted by Gasteiger charge is -2.30. The average molecular weight is 484 g/mol. The summed E-state index contributed by atoms with van der Waals surface area (Å²) in [4.78, 5) is 26.5. The second kappa shape index (κ2) is 9.05. The largest absolute Gasteiger partial charge is 0.416 e. The van der Waals surface area contributed by atoms with Crippen molar-refractivity contribution in [2.75, 3.05) is 0 Å². The lowest BCUT2D eigenvalue weighted by Crippen LogP contribution is -2.32. The van der Waals surface area contributed by atoms with Gasteiger partial charge >= 0.3 is 5.69 Å². The highest BCUT2D eigenvalue weighted by Crippen LogP contribution is 2.42. The molecule has 0 fully saturated rings. The fourth-order valence-electron chi connectivity index (χ4n) is 4.38. The molecule has 2 aromatic heterocycles. The van der Waals surface area contributed by atoms with Gasteiger partial charge in [0.2, 0.25) is 0 Å². The Balaban J connectivity index is 2.16. The molecule has 0 aliphatic rings. The molecule has 0 radical (unpaired) electrons. The Bertz CT molecular complexity index is 1490. The zero-order valence-electron chi connectivity index (χ0n) is 19.1. The Labute approximate surface area is 198 Å². The van der Waals surface area contributed by atoms with Crippen molar-refractivity contribution in [2.24, 2.45) is 11.8 Å². The zero-order chi connectivity index (χ0) is 25.5. The maximum Gasteiger partial charge on any atom is 0.323 e. The standard InChI is InChI=1S/C25H23F3N4O3/c1-12(2)22(13(3)35-29)14-8-18(23-20(9-14)31-24(33)32-23)25(34,21-7-5-16(27)11-30-21)17-6-4-15(26)10-19(17)28/h4-12,34H,29H2,1-3H3,(H2,31,32,33)/b22-13+. The van der Waals surface area contributed by atoms with Gasteiger partial charge in [0, 0.05) is 22.8 Å². The van der Waals surface area contributed by atoms with Crippen LogP contribution < -0.4 is 11.6 Å². The van der Waals surface area contributed by atoms with Crippen LogP contribution in [0.2, 0.25) is 0 Å². The average Bonchev–Trinajstić information content (AvgIpc) is 3.18. The van der Waals surface area contributed by atoms with Crippen molar-refractivity contribution in [3.63, 3.8) is 0 Å². The van der Waals surface area contributed by atoms with Crippen LogP contribution in [0.4, 0.5) is 13.2 Å². The van der Waals surface area contributed by atoms with Gasteiger partial charge in [-0.05, 0) is 54.8 Å². The van der Waals surface area contributed by atoms with Crippen molar-refractivity contribution in [2.45, 2.75) is 26.4 Å². The summed E-state index contributed by atoms with van der Waals surface area (Å²) in [6.07, 6.45) is 0.870. The van der Waals surface area contributed by atoms with E-state index in [1.807, 2.05) is 13.8 Å². The third-order valence-electron chi connectivity index (χ3n) is 5.88. The Morgan fingerprint density at radius 2 is 1.77 bits per heavy atom. The van der Waals surface area contributed by atoms with Gasteiger partial charge in [-0.2, -0.15) is 5.90 Å². The van der Waals surface area contributed by atoms with Gasteiger partial charge in [0.05, 0.1) is 22.9 Å². The minimum absolute atomic E-state index is 0.0240. The molecule has 4 rings (SSSR count). The van der Waals surface area contributed by atoms with Crippen LogP contribution in [0.15, 0.2) is 59.2 Å². The molecule has 10 heteroatoms. The minimum Gasteiger partial charge on any atom is -0.416 e. The van der Waals surface area contributed by atoms with E-state index in [9.17, 15) is 18.7 Å². The second-order valence-corrected chi connectivity index (χ2v) is 8.46. The van der Waals surface area contributed by atoms with Crippen molar-refractivity contribution in [1.29, 1.82) is 0 Å². The molecule has 7 nitrogen and oxygen atoms in total. The molecule has 182 valence electrons. The van der Waals surface area contributed by atoms with Gasteiger partial charge in [0.25, 0.3) is 0 Å². The molecule has 0 bridgehead atoms. The lowest BCUT2D eigenvalue weighted by molar-refractivity contribution is 0.117. The molecular weight excluding hydrogens is 461 g/mol. The van der Waals surface area contributed by atoms with Crippen LogP contribution in [-0.4, -0.2) is 20.1 Å². The number of pyridine rings is 1. The van der Waals surface area contributed by atoms with E-state index >= 15 is 4.39 Å². The van der Waals surface area contributed by atoms with Crippen LogP contribution in [0.5, 0.6) is 0 Å². The van der Waals surface area contributed by atoms with E-state index in [4.69, 9.17) is 10.7 Å². The molecule has 0 aliphatic carbocycles. The smallest absolute Gasteiger partial charge is 0.323 e. The van der Waals surface area contributed by atoms with E-state index < -0.39 is 28.7 Å². The van der Waals surface area contributed by atoms with Gasteiger partial charge in [-0.15, -0.1) is 0 Å². The quantitative estimate of drug-likeness (QED) is 0.241.